The lowest BCUT2D eigenvalue weighted by molar-refractivity contribution is 0.0970. The molecule has 0 atom stereocenters. The van der Waals surface area contributed by atoms with E-state index in [1.165, 1.54) is 32.1 Å². The van der Waals surface area contributed by atoms with Crippen molar-refractivity contribution in [3.63, 3.8) is 0 Å². The number of carbonyl (C=O) groups is 1. The van der Waals surface area contributed by atoms with Crippen LogP contribution in [0.1, 0.15) is 55.3 Å². The fraction of sp³-hybridized carbons (Fsp3) is 0.533. The number of Topliss-reactive ketones (excluding diaryl/α,β-unsaturated/α-hetero) is 1. The Morgan fingerprint density at radius 2 is 1.74 bits per heavy atom. The Balaban J connectivity index is 1.96. The first-order valence-corrected chi connectivity index (χ1v) is 7.61. The Bertz CT molecular complexity index is 444. The summed E-state index contributed by atoms with van der Waals surface area (Å²) in [6, 6.07) is 3.23. The van der Waals surface area contributed by atoms with Gasteiger partial charge >= 0.3 is 0 Å². The van der Waals surface area contributed by atoms with Crippen LogP contribution in [0.4, 0.5) is 5.69 Å². The van der Waals surface area contributed by atoms with Gasteiger partial charge in [-0.25, -0.2) is 0 Å². The number of carbonyl (C=O) groups excluding carboxylic acids is 1. The molecule has 2 nitrogen and oxygen atoms in total. The number of nitrogen functional groups attached to an aromatic ring is 1. The number of hydrogen-bond donors (Lipinski definition) is 1. The first-order chi connectivity index (χ1) is 9.08. The molecule has 0 aromatic heterocycles. The van der Waals surface area contributed by atoms with E-state index in [0.29, 0.717) is 33.6 Å². The number of benzene rings is 1. The van der Waals surface area contributed by atoms with E-state index < -0.39 is 0 Å². The van der Waals surface area contributed by atoms with Gasteiger partial charge in [-0.15, -0.1) is 0 Å². The van der Waals surface area contributed by atoms with Crippen molar-refractivity contribution in [2.45, 2.75) is 44.9 Å². The van der Waals surface area contributed by atoms with E-state index in [1.807, 2.05) is 0 Å². The quantitative estimate of drug-likeness (QED) is 0.619. The minimum Gasteiger partial charge on any atom is -0.396 e. The van der Waals surface area contributed by atoms with Crippen molar-refractivity contribution in [1.29, 1.82) is 0 Å². The van der Waals surface area contributed by atoms with Gasteiger partial charge in [0.1, 0.15) is 0 Å². The fourth-order valence-corrected chi connectivity index (χ4v) is 3.19. The van der Waals surface area contributed by atoms with Crippen molar-refractivity contribution in [3.8, 4) is 0 Å². The molecule has 1 aromatic rings. The molecule has 1 fully saturated rings. The van der Waals surface area contributed by atoms with Crippen LogP contribution in [0.5, 0.6) is 0 Å². The average Bonchev–Trinajstić information content (AvgIpc) is 2.42. The van der Waals surface area contributed by atoms with Crippen LogP contribution in [-0.2, 0) is 0 Å². The summed E-state index contributed by atoms with van der Waals surface area (Å²) in [5.74, 6) is 0.812. The summed E-state index contributed by atoms with van der Waals surface area (Å²) in [5.41, 5.74) is 6.58. The second-order valence-corrected chi connectivity index (χ2v) is 6.13. The maximum Gasteiger partial charge on any atom is 0.162 e. The highest BCUT2D eigenvalue weighted by Crippen LogP contribution is 2.31. The number of ketones is 1. The smallest absolute Gasteiger partial charge is 0.162 e. The van der Waals surface area contributed by atoms with Gasteiger partial charge in [0, 0.05) is 12.0 Å². The highest BCUT2D eigenvalue weighted by atomic mass is 35.5. The van der Waals surface area contributed by atoms with E-state index >= 15 is 0 Å². The molecule has 104 valence electrons. The van der Waals surface area contributed by atoms with Crippen LogP contribution in [0, 0.1) is 5.92 Å². The third kappa shape index (κ3) is 3.87. The Morgan fingerprint density at radius 3 is 2.32 bits per heavy atom. The van der Waals surface area contributed by atoms with E-state index in [4.69, 9.17) is 28.9 Å². The number of nitrogens with two attached hydrogens (primary N) is 1. The summed E-state index contributed by atoms with van der Waals surface area (Å²) in [5, 5.41) is 0.710. The van der Waals surface area contributed by atoms with Gasteiger partial charge in [0.25, 0.3) is 0 Å². The summed E-state index contributed by atoms with van der Waals surface area (Å²) in [6.45, 7) is 0. The molecule has 2 N–H and O–H groups in total. The highest BCUT2D eigenvalue weighted by Gasteiger charge is 2.16. The SMILES string of the molecule is Nc1c(Cl)cc(C(=O)CCC2CCCCC2)cc1Cl. The molecule has 2 rings (SSSR count). The molecule has 1 aliphatic rings. The molecule has 0 aliphatic heterocycles. The van der Waals surface area contributed by atoms with Crippen molar-refractivity contribution >= 4 is 34.7 Å². The van der Waals surface area contributed by atoms with E-state index in [2.05, 4.69) is 0 Å². The zero-order valence-corrected chi connectivity index (χ0v) is 12.4. The zero-order valence-electron chi connectivity index (χ0n) is 10.9. The van der Waals surface area contributed by atoms with Crippen molar-refractivity contribution < 1.29 is 4.79 Å². The fourth-order valence-electron chi connectivity index (χ4n) is 2.70. The topological polar surface area (TPSA) is 43.1 Å². The second kappa shape index (κ2) is 6.62. The number of hydrogen-bond acceptors (Lipinski definition) is 2. The van der Waals surface area contributed by atoms with Crippen LogP contribution in [0.15, 0.2) is 12.1 Å². The normalized spacial score (nSPS) is 16.5. The van der Waals surface area contributed by atoms with Gasteiger partial charge in [-0.1, -0.05) is 55.3 Å². The molecule has 0 radical (unpaired) electrons. The minimum absolute atomic E-state index is 0.106. The second-order valence-electron chi connectivity index (χ2n) is 5.32. The van der Waals surface area contributed by atoms with Gasteiger partial charge in [-0.3, -0.25) is 4.79 Å². The summed E-state index contributed by atoms with van der Waals surface area (Å²) in [6.07, 6.45) is 8.01. The van der Waals surface area contributed by atoms with Gasteiger partial charge in [0.15, 0.2) is 5.78 Å². The van der Waals surface area contributed by atoms with Crippen molar-refractivity contribution in [2.75, 3.05) is 5.73 Å². The molecule has 0 bridgehead atoms. The van der Waals surface area contributed by atoms with Crippen LogP contribution in [0.3, 0.4) is 0 Å². The Hall–Kier alpha value is -0.730. The molecule has 0 unspecified atom stereocenters. The van der Waals surface area contributed by atoms with Gasteiger partial charge in [0.05, 0.1) is 15.7 Å². The zero-order chi connectivity index (χ0) is 13.8. The van der Waals surface area contributed by atoms with Gasteiger partial charge in [-0.05, 0) is 24.5 Å². The maximum atomic E-state index is 12.1. The van der Waals surface area contributed by atoms with Crippen molar-refractivity contribution in [3.05, 3.63) is 27.7 Å². The molecule has 4 heteroatoms. The number of anilines is 1. The molecular formula is C15H19Cl2NO. The van der Waals surface area contributed by atoms with E-state index in [9.17, 15) is 4.79 Å². The first-order valence-electron chi connectivity index (χ1n) is 6.85. The lowest BCUT2D eigenvalue weighted by atomic mass is 9.85. The lowest BCUT2D eigenvalue weighted by Gasteiger charge is -2.20. The molecule has 0 heterocycles. The lowest BCUT2D eigenvalue weighted by Crippen LogP contribution is -2.09. The van der Waals surface area contributed by atoms with Crippen molar-refractivity contribution in [1.82, 2.24) is 0 Å². The molecule has 0 amide bonds. The summed E-state index contributed by atoms with van der Waals surface area (Å²) in [7, 11) is 0. The molecule has 1 aromatic carbocycles. The highest BCUT2D eigenvalue weighted by molar-refractivity contribution is 6.39. The van der Waals surface area contributed by atoms with Gasteiger partial charge < -0.3 is 5.73 Å². The summed E-state index contributed by atoms with van der Waals surface area (Å²) < 4.78 is 0. The van der Waals surface area contributed by atoms with Crippen LogP contribution in [0.25, 0.3) is 0 Å². The first kappa shape index (κ1) is 14.7. The van der Waals surface area contributed by atoms with E-state index in [-0.39, 0.29) is 5.78 Å². The number of halogens is 2. The van der Waals surface area contributed by atoms with Crippen molar-refractivity contribution in [2.24, 2.45) is 5.92 Å². The molecule has 0 saturated heterocycles. The Kier molecular flexibility index (Phi) is 5.12. The maximum absolute atomic E-state index is 12.1. The predicted octanol–water partition coefficient (Wildman–Crippen LogP) is 5.12. The minimum atomic E-state index is 0.106. The monoisotopic (exact) mass is 299 g/mol. The standard InChI is InChI=1S/C15H19Cl2NO/c16-12-8-11(9-13(17)15(12)18)14(19)7-6-10-4-2-1-3-5-10/h8-10H,1-7,18H2. The number of rotatable bonds is 4. The van der Waals surface area contributed by atoms with E-state index in [0.717, 1.165) is 6.42 Å². The molecular weight excluding hydrogens is 281 g/mol. The average molecular weight is 300 g/mol. The third-order valence-corrected chi connectivity index (χ3v) is 4.53. The van der Waals surface area contributed by atoms with Crippen LogP contribution < -0.4 is 5.73 Å². The summed E-state index contributed by atoms with van der Waals surface area (Å²) in [4.78, 5) is 12.1. The Labute approximate surface area is 124 Å². The van der Waals surface area contributed by atoms with E-state index in [1.54, 1.807) is 12.1 Å². The van der Waals surface area contributed by atoms with Crippen LogP contribution >= 0.6 is 23.2 Å². The predicted molar refractivity (Wildman–Crippen MR) is 81.0 cm³/mol. The molecule has 1 saturated carbocycles. The molecule has 1 aliphatic carbocycles. The Morgan fingerprint density at radius 1 is 1.16 bits per heavy atom. The van der Waals surface area contributed by atoms with Gasteiger partial charge in [0.2, 0.25) is 0 Å². The summed E-state index contributed by atoms with van der Waals surface area (Å²) >= 11 is 11.9. The molecule has 0 spiro atoms. The molecule has 19 heavy (non-hydrogen) atoms. The third-order valence-electron chi connectivity index (χ3n) is 3.91. The van der Waals surface area contributed by atoms with Crippen LogP contribution in [0.2, 0.25) is 10.0 Å². The van der Waals surface area contributed by atoms with Crippen LogP contribution in [-0.4, -0.2) is 5.78 Å². The van der Waals surface area contributed by atoms with Gasteiger partial charge in [-0.2, -0.15) is 0 Å². The largest absolute Gasteiger partial charge is 0.396 e.